The van der Waals surface area contributed by atoms with E-state index in [4.69, 9.17) is 5.73 Å². The van der Waals surface area contributed by atoms with Gasteiger partial charge in [0.05, 0.1) is 0 Å². The normalized spacial score (nSPS) is 8.40. The summed E-state index contributed by atoms with van der Waals surface area (Å²) in [6, 6.07) is 0. The first-order valence-corrected chi connectivity index (χ1v) is 3.35. The third kappa shape index (κ3) is 3.25. The molecule has 0 aromatic rings. The van der Waals surface area contributed by atoms with E-state index in [1.54, 1.807) is 17.1 Å². The van der Waals surface area contributed by atoms with E-state index < -0.39 is 0 Å². The van der Waals surface area contributed by atoms with E-state index in [0.29, 0.717) is 13.1 Å². The molecule has 0 saturated heterocycles. The molecule has 0 bridgehead atoms. The van der Waals surface area contributed by atoms with Crippen LogP contribution in [0.4, 0.5) is 0 Å². The Balaban J connectivity index is 3.83. The molecular weight excluding hydrogens is 144 g/mol. The van der Waals surface area contributed by atoms with E-state index in [1.165, 1.54) is 0 Å². The van der Waals surface area contributed by atoms with Gasteiger partial charge in [0.2, 0.25) is 0 Å². The molecule has 0 aliphatic rings. The molecule has 0 aromatic carbocycles. The summed E-state index contributed by atoms with van der Waals surface area (Å²) >= 11 is 4.64. The zero-order valence-corrected chi connectivity index (χ0v) is 6.66. The van der Waals surface area contributed by atoms with Crippen LogP contribution in [0, 0.1) is 0 Å². The van der Waals surface area contributed by atoms with Crippen LogP contribution in [0.5, 0.6) is 0 Å². The predicted octanol–water partition coefficient (Wildman–Crippen LogP) is 1.23. The first-order chi connectivity index (χ1) is 4.72. The highest BCUT2D eigenvalue weighted by molar-refractivity contribution is 7.80. The van der Waals surface area contributed by atoms with Crippen molar-refractivity contribution >= 4 is 17.3 Å². The fraction of sp³-hybridized carbons (Fsp3) is 0.286. The van der Waals surface area contributed by atoms with Gasteiger partial charge in [-0.15, -0.1) is 13.2 Å². The van der Waals surface area contributed by atoms with Gasteiger partial charge in [-0.2, -0.15) is 0 Å². The van der Waals surface area contributed by atoms with Gasteiger partial charge < -0.3 is 4.90 Å². The van der Waals surface area contributed by atoms with Gasteiger partial charge in [0.25, 0.3) is 0 Å². The Labute approximate surface area is 67.0 Å². The molecule has 0 amide bonds. The summed E-state index contributed by atoms with van der Waals surface area (Å²) in [6.45, 7) is 8.33. The maximum Gasteiger partial charge on any atom is 0.188 e. The molecule has 10 heavy (non-hydrogen) atoms. The van der Waals surface area contributed by atoms with Crippen LogP contribution in [0.3, 0.4) is 0 Å². The van der Waals surface area contributed by atoms with E-state index in [9.17, 15) is 0 Å². The largest absolute Gasteiger partial charge is 0.341 e. The number of thiocarbonyl (C=S) groups is 1. The van der Waals surface area contributed by atoms with Gasteiger partial charge in [-0.25, -0.2) is 0 Å². The number of nitrogens with one attached hydrogen (secondary N) is 1. The monoisotopic (exact) mass is 155 g/mol. The Morgan fingerprint density at radius 3 is 2.00 bits per heavy atom. The average Bonchev–Trinajstić information content (AvgIpc) is 1.87. The molecule has 0 fully saturated rings. The van der Waals surface area contributed by atoms with Crippen molar-refractivity contribution in [2.24, 2.45) is 0 Å². The molecule has 2 nitrogen and oxygen atoms in total. The van der Waals surface area contributed by atoms with Gasteiger partial charge in [0, 0.05) is 13.1 Å². The first kappa shape index (κ1) is 9.17. The zero-order valence-electron chi connectivity index (χ0n) is 5.84. The molecule has 0 atom stereocenters. The van der Waals surface area contributed by atoms with Crippen molar-refractivity contribution in [2.75, 3.05) is 13.1 Å². The Hall–Kier alpha value is -0.830. The van der Waals surface area contributed by atoms with E-state index >= 15 is 0 Å². The van der Waals surface area contributed by atoms with E-state index in [2.05, 4.69) is 25.4 Å². The second-order valence-electron chi connectivity index (χ2n) is 1.79. The highest BCUT2D eigenvalue weighted by atomic mass is 32.1. The lowest BCUT2D eigenvalue weighted by atomic mass is 10.5. The summed E-state index contributed by atoms with van der Waals surface area (Å²) in [7, 11) is 0. The quantitative estimate of drug-likeness (QED) is 0.451. The number of nitrogens with zero attached hydrogens (tertiary/aromatic N) is 1. The standard InChI is InChI=1S/C7H11N2S/c1-3-5-9(6-4-2)7(8)10/h3-4,8H,1-2,5-6H2. The molecule has 0 aliphatic heterocycles. The topological polar surface area (TPSA) is 27.0 Å². The minimum atomic E-state index is 0.139. The van der Waals surface area contributed by atoms with Crippen LogP contribution in [0.1, 0.15) is 0 Å². The van der Waals surface area contributed by atoms with E-state index in [1.807, 2.05) is 0 Å². The van der Waals surface area contributed by atoms with Crippen molar-refractivity contribution in [2.45, 2.75) is 0 Å². The van der Waals surface area contributed by atoms with Crippen molar-refractivity contribution in [1.82, 2.24) is 10.6 Å². The minimum absolute atomic E-state index is 0.139. The van der Waals surface area contributed by atoms with E-state index in [-0.39, 0.29) is 5.11 Å². The number of rotatable bonds is 4. The lowest BCUT2D eigenvalue weighted by Gasteiger charge is -2.17. The Kier molecular flexibility index (Phi) is 4.58. The summed E-state index contributed by atoms with van der Waals surface area (Å²) in [5, 5.41) is 0.139. The minimum Gasteiger partial charge on any atom is -0.341 e. The highest BCUT2D eigenvalue weighted by Crippen LogP contribution is 1.88. The zero-order chi connectivity index (χ0) is 7.98. The van der Waals surface area contributed by atoms with Crippen LogP contribution in [-0.4, -0.2) is 23.1 Å². The summed E-state index contributed by atoms with van der Waals surface area (Å²) in [5.74, 6) is 0. The summed E-state index contributed by atoms with van der Waals surface area (Å²) in [5.41, 5.74) is 7.10. The fourth-order valence-electron chi connectivity index (χ4n) is 0.552. The molecule has 0 aliphatic carbocycles. The molecular formula is C7H11N2S. The average molecular weight is 155 g/mol. The summed E-state index contributed by atoms with van der Waals surface area (Å²) in [4.78, 5) is 1.69. The molecule has 0 spiro atoms. The molecule has 0 aromatic heterocycles. The van der Waals surface area contributed by atoms with Gasteiger partial charge in [-0.1, -0.05) is 12.2 Å². The number of hydrogen-bond acceptors (Lipinski definition) is 1. The maximum absolute atomic E-state index is 7.10. The van der Waals surface area contributed by atoms with Gasteiger partial charge in [0.1, 0.15) is 0 Å². The smallest absolute Gasteiger partial charge is 0.188 e. The lowest BCUT2D eigenvalue weighted by molar-refractivity contribution is 0.516. The van der Waals surface area contributed by atoms with Crippen molar-refractivity contribution < 1.29 is 0 Å². The molecule has 0 rings (SSSR count). The van der Waals surface area contributed by atoms with Crippen molar-refractivity contribution in [3.05, 3.63) is 25.3 Å². The third-order valence-electron chi connectivity index (χ3n) is 0.986. The molecule has 0 unspecified atom stereocenters. The molecule has 1 radical (unpaired) electrons. The number of hydrogen-bond donors (Lipinski definition) is 0. The first-order valence-electron chi connectivity index (χ1n) is 2.94. The van der Waals surface area contributed by atoms with E-state index in [0.717, 1.165) is 0 Å². The van der Waals surface area contributed by atoms with Gasteiger partial charge >= 0.3 is 0 Å². The lowest BCUT2D eigenvalue weighted by Crippen LogP contribution is -2.30. The molecule has 0 heterocycles. The molecule has 1 N–H and O–H groups in total. The van der Waals surface area contributed by atoms with Crippen LogP contribution in [-0.2, 0) is 0 Å². The van der Waals surface area contributed by atoms with Gasteiger partial charge in [-0.05, 0) is 12.2 Å². The van der Waals surface area contributed by atoms with Crippen molar-refractivity contribution in [1.29, 1.82) is 0 Å². The SMILES string of the molecule is C=CCN(CC=C)C([NH])=S. The van der Waals surface area contributed by atoms with Gasteiger partial charge in [0.15, 0.2) is 5.11 Å². The van der Waals surface area contributed by atoms with Crippen LogP contribution in [0.25, 0.3) is 0 Å². The Morgan fingerprint density at radius 2 is 1.80 bits per heavy atom. The fourth-order valence-corrected chi connectivity index (χ4v) is 0.701. The molecule has 55 valence electrons. The highest BCUT2D eigenvalue weighted by Gasteiger charge is 1.99. The Bertz CT molecular complexity index is 133. The maximum atomic E-state index is 7.10. The third-order valence-corrected chi connectivity index (χ3v) is 1.24. The van der Waals surface area contributed by atoms with Crippen LogP contribution in [0.2, 0.25) is 0 Å². The molecule has 3 heteroatoms. The second kappa shape index (κ2) is 4.99. The molecule has 0 saturated carbocycles. The van der Waals surface area contributed by atoms with Crippen LogP contribution >= 0.6 is 12.2 Å². The van der Waals surface area contributed by atoms with Gasteiger partial charge in [-0.3, -0.25) is 5.73 Å². The van der Waals surface area contributed by atoms with Crippen LogP contribution < -0.4 is 5.73 Å². The van der Waals surface area contributed by atoms with Crippen molar-refractivity contribution in [3.8, 4) is 0 Å². The summed E-state index contributed by atoms with van der Waals surface area (Å²) in [6.07, 6.45) is 3.43. The van der Waals surface area contributed by atoms with Crippen LogP contribution in [0.15, 0.2) is 25.3 Å². The van der Waals surface area contributed by atoms with Crippen molar-refractivity contribution in [3.63, 3.8) is 0 Å². The Morgan fingerprint density at radius 1 is 1.40 bits per heavy atom. The predicted molar refractivity (Wildman–Crippen MR) is 47.7 cm³/mol. The summed E-state index contributed by atoms with van der Waals surface area (Å²) < 4.78 is 0. The second-order valence-corrected chi connectivity index (χ2v) is 2.17.